The Balaban J connectivity index is 1.63. The Labute approximate surface area is 195 Å². The molecule has 0 aromatic heterocycles. The van der Waals surface area contributed by atoms with Gasteiger partial charge in [-0.05, 0) is 35.4 Å². The summed E-state index contributed by atoms with van der Waals surface area (Å²) in [6.07, 6.45) is 0. The fourth-order valence-electron chi connectivity index (χ4n) is 3.48. The molecule has 0 aliphatic rings. The van der Waals surface area contributed by atoms with Crippen LogP contribution in [0.5, 0.6) is 11.5 Å². The lowest BCUT2D eigenvalue weighted by atomic mass is 10.1. The van der Waals surface area contributed by atoms with Gasteiger partial charge in [-0.1, -0.05) is 48.5 Å². The smallest absolute Gasteiger partial charge is 0.255 e. The maximum absolute atomic E-state index is 12.9. The van der Waals surface area contributed by atoms with Gasteiger partial charge in [0.2, 0.25) is 0 Å². The lowest BCUT2D eigenvalue weighted by Crippen LogP contribution is -2.49. The monoisotopic (exact) mass is 456 g/mol. The number of methoxy groups -OCH3 is 2. The van der Waals surface area contributed by atoms with Crippen LogP contribution in [0.1, 0.15) is 11.1 Å². The molecule has 0 radical (unpaired) electrons. The lowest BCUT2D eigenvalue weighted by Gasteiger charge is -2.04. The highest BCUT2D eigenvalue weighted by Gasteiger charge is 2.10. The molecule has 0 amide bonds. The number of hydrogen-bond acceptors (Lipinski definition) is 8. The SMILES string of the molecule is COc1ccc(CNN=c2c(=O)c(=O)c(=NNCc3ccc(OC)cc3)c3ccccc23)cc1. The van der Waals surface area contributed by atoms with Crippen molar-refractivity contribution in [1.82, 2.24) is 10.9 Å². The van der Waals surface area contributed by atoms with Crippen molar-refractivity contribution in [3.63, 3.8) is 0 Å². The number of nitrogens with one attached hydrogen (secondary N) is 2. The van der Waals surface area contributed by atoms with Crippen LogP contribution in [-0.4, -0.2) is 14.2 Å². The molecule has 8 nitrogen and oxygen atoms in total. The van der Waals surface area contributed by atoms with E-state index in [-0.39, 0.29) is 10.7 Å². The third-order valence-corrected chi connectivity index (χ3v) is 5.34. The quantitative estimate of drug-likeness (QED) is 0.309. The van der Waals surface area contributed by atoms with Crippen LogP contribution in [0, 0.1) is 0 Å². The second kappa shape index (κ2) is 10.4. The fraction of sp³-hybridized carbons (Fsp3) is 0.154. The van der Waals surface area contributed by atoms with E-state index in [4.69, 9.17) is 9.47 Å². The van der Waals surface area contributed by atoms with Crippen molar-refractivity contribution in [2.75, 3.05) is 14.2 Å². The van der Waals surface area contributed by atoms with Crippen molar-refractivity contribution in [3.8, 4) is 11.5 Å². The van der Waals surface area contributed by atoms with Crippen LogP contribution >= 0.6 is 0 Å². The molecule has 4 aromatic rings. The third-order valence-electron chi connectivity index (χ3n) is 5.34. The molecule has 0 heterocycles. The van der Waals surface area contributed by atoms with Gasteiger partial charge in [0.15, 0.2) is 0 Å². The highest BCUT2D eigenvalue weighted by molar-refractivity contribution is 5.81. The summed E-state index contributed by atoms with van der Waals surface area (Å²) >= 11 is 0. The Morgan fingerprint density at radius 3 is 1.35 bits per heavy atom. The predicted octanol–water partition coefficient (Wildman–Crippen LogP) is 1.66. The first-order chi connectivity index (χ1) is 16.6. The van der Waals surface area contributed by atoms with Crippen molar-refractivity contribution in [2.45, 2.75) is 13.1 Å². The van der Waals surface area contributed by atoms with Crippen LogP contribution < -0.4 is 41.9 Å². The van der Waals surface area contributed by atoms with Crippen molar-refractivity contribution >= 4 is 10.8 Å². The predicted molar refractivity (Wildman–Crippen MR) is 130 cm³/mol. The molecule has 34 heavy (non-hydrogen) atoms. The summed E-state index contributed by atoms with van der Waals surface area (Å²) in [5.41, 5.74) is 6.30. The molecule has 8 heteroatoms. The highest BCUT2D eigenvalue weighted by atomic mass is 16.5. The molecule has 4 aromatic carbocycles. The van der Waals surface area contributed by atoms with E-state index in [1.807, 2.05) is 48.5 Å². The minimum atomic E-state index is -0.703. The summed E-state index contributed by atoms with van der Waals surface area (Å²) in [4.78, 5) is 25.7. The highest BCUT2D eigenvalue weighted by Crippen LogP contribution is 2.11. The normalized spacial score (nSPS) is 12.1. The number of nitrogens with zero attached hydrogens (tertiary/aromatic N) is 2. The summed E-state index contributed by atoms with van der Waals surface area (Å²) in [6.45, 7) is 0.781. The molecule has 0 atom stereocenters. The average molecular weight is 457 g/mol. The van der Waals surface area contributed by atoms with Crippen molar-refractivity contribution < 1.29 is 9.47 Å². The Kier molecular flexibility index (Phi) is 6.98. The molecule has 0 fully saturated rings. The van der Waals surface area contributed by atoms with E-state index in [0.29, 0.717) is 23.9 Å². The summed E-state index contributed by atoms with van der Waals surface area (Å²) in [7, 11) is 3.21. The van der Waals surface area contributed by atoms with Crippen LogP contribution in [0.3, 0.4) is 0 Å². The summed E-state index contributed by atoms with van der Waals surface area (Å²) in [5, 5.41) is 9.76. The minimum absolute atomic E-state index is 0.0724. The van der Waals surface area contributed by atoms with E-state index >= 15 is 0 Å². The molecule has 0 saturated carbocycles. The van der Waals surface area contributed by atoms with Crippen molar-refractivity contribution in [2.24, 2.45) is 10.2 Å². The zero-order valence-electron chi connectivity index (χ0n) is 18.9. The molecule has 0 aliphatic heterocycles. The van der Waals surface area contributed by atoms with Gasteiger partial charge in [0.1, 0.15) is 22.2 Å². The van der Waals surface area contributed by atoms with Crippen LogP contribution in [0.2, 0.25) is 0 Å². The molecule has 0 saturated heterocycles. The molecular formula is C26H24N4O4. The first-order valence-electron chi connectivity index (χ1n) is 10.7. The van der Waals surface area contributed by atoms with E-state index in [1.54, 1.807) is 38.5 Å². The van der Waals surface area contributed by atoms with Gasteiger partial charge in [-0.15, -0.1) is 0 Å². The Morgan fingerprint density at radius 1 is 0.618 bits per heavy atom. The maximum atomic E-state index is 12.9. The molecule has 0 spiro atoms. The van der Waals surface area contributed by atoms with Gasteiger partial charge >= 0.3 is 0 Å². The van der Waals surface area contributed by atoms with Crippen LogP contribution in [0.4, 0.5) is 0 Å². The van der Waals surface area contributed by atoms with Crippen LogP contribution in [0.15, 0.2) is 92.6 Å². The standard InChI is InChI=1S/C26H24N4O4/c1-33-19-11-7-17(8-12-19)15-27-29-23-21-5-3-4-6-22(21)24(26(32)25(23)31)30-28-16-18-9-13-20(34-2)14-10-18/h3-14,27-28H,15-16H2,1-2H3. The molecule has 2 N–H and O–H groups in total. The van der Waals surface area contributed by atoms with Crippen LogP contribution in [-0.2, 0) is 13.1 Å². The number of hydrogen-bond donors (Lipinski definition) is 2. The van der Waals surface area contributed by atoms with Crippen molar-refractivity contribution in [1.29, 1.82) is 0 Å². The van der Waals surface area contributed by atoms with Gasteiger partial charge in [0, 0.05) is 10.8 Å². The van der Waals surface area contributed by atoms with Crippen molar-refractivity contribution in [3.05, 3.63) is 115 Å². The summed E-state index contributed by atoms with van der Waals surface area (Å²) < 4.78 is 10.3. The molecule has 0 unspecified atom stereocenters. The Hall–Kier alpha value is -4.46. The second-order valence-corrected chi connectivity index (χ2v) is 7.49. The molecule has 172 valence electrons. The largest absolute Gasteiger partial charge is 0.497 e. The van der Waals surface area contributed by atoms with Crippen LogP contribution in [0.25, 0.3) is 10.8 Å². The number of ether oxygens (including phenoxy) is 2. The molecule has 0 bridgehead atoms. The number of rotatable bonds is 8. The second-order valence-electron chi connectivity index (χ2n) is 7.49. The average Bonchev–Trinajstić information content (AvgIpc) is 2.89. The van der Waals surface area contributed by atoms with Gasteiger partial charge in [0.05, 0.1) is 27.3 Å². The van der Waals surface area contributed by atoms with Gasteiger partial charge < -0.3 is 20.3 Å². The van der Waals surface area contributed by atoms with Gasteiger partial charge in [0.25, 0.3) is 10.9 Å². The third kappa shape index (κ3) is 4.96. The Bertz CT molecular complexity index is 1390. The topological polar surface area (TPSA) is 101 Å². The fourth-order valence-corrected chi connectivity index (χ4v) is 3.48. The minimum Gasteiger partial charge on any atom is -0.497 e. The van der Waals surface area contributed by atoms with E-state index in [2.05, 4.69) is 21.1 Å². The zero-order chi connectivity index (χ0) is 23.9. The van der Waals surface area contributed by atoms with Gasteiger partial charge in [-0.3, -0.25) is 9.59 Å². The van der Waals surface area contributed by atoms with E-state index < -0.39 is 10.9 Å². The number of benzene rings is 4. The van der Waals surface area contributed by atoms with Gasteiger partial charge in [-0.25, -0.2) is 0 Å². The molecular weight excluding hydrogens is 432 g/mol. The van der Waals surface area contributed by atoms with E-state index in [9.17, 15) is 9.59 Å². The molecule has 0 aliphatic carbocycles. The Morgan fingerprint density at radius 2 is 1.00 bits per heavy atom. The van der Waals surface area contributed by atoms with E-state index in [0.717, 1.165) is 22.6 Å². The lowest BCUT2D eigenvalue weighted by molar-refractivity contribution is 0.414. The summed E-state index contributed by atoms with van der Waals surface area (Å²) in [6, 6.07) is 22.1. The zero-order valence-corrected chi connectivity index (χ0v) is 18.9. The van der Waals surface area contributed by atoms with E-state index in [1.165, 1.54) is 0 Å². The first kappa shape index (κ1) is 22.7. The van der Waals surface area contributed by atoms with Gasteiger partial charge in [-0.2, -0.15) is 10.2 Å². The maximum Gasteiger partial charge on any atom is 0.255 e. The molecule has 4 rings (SSSR count). The first-order valence-corrected chi connectivity index (χ1v) is 10.7. The summed E-state index contributed by atoms with van der Waals surface area (Å²) in [5.74, 6) is 1.51. The number of fused-ring (bicyclic) bond motifs is 1.